The van der Waals surface area contributed by atoms with Crippen LogP contribution in [0.4, 0.5) is 0 Å². The quantitative estimate of drug-likeness (QED) is 0.811. The van der Waals surface area contributed by atoms with E-state index in [4.69, 9.17) is 5.73 Å². The number of fused-ring (bicyclic) bond motifs is 1. The molecule has 1 aliphatic carbocycles. The normalized spacial score (nSPS) is 24.4. The second-order valence-electron chi connectivity index (χ2n) is 6.03. The van der Waals surface area contributed by atoms with E-state index in [0.29, 0.717) is 12.6 Å². The lowest BCUT2D eigenvalue weighted by molar-refractivity contribution is 0.0695. The number of aryl methyl sites for hydroxylation is 1. The van der Waals surface area contributed by atoms with Gasteiger partial charge in [-0.2, -0.15) is 0 Å². The number of carbonyl (C=O) groups is 1. The van der Waals surface area contributed by atoms with Gasteiger partial charge in [0.1, 0.15) is 0 Å². The van der Waals surface area contributed by atoms with Crippen LogP contribution < -0.4 is 5.73 Å². The minimum Gasteiger partial charge on any atom is -0.335 e. The highest BCUT2D eigenvalue weighted by Gasteiger charge is 2.38. The van der Waals surface area contributed by atoms with Crippen molar-refractivity contribution in [2.75, 3.05) is 13.1 Å². The largest absolute Gasteiger partial charge is 0.335 e. The fourth-order valence-electron chi connectivity index (χ4n) is 3.64. The summed E-state index contributed by atoms with van der Waals surface area (Å²) in [5.41, 5.74) is 6.51. The van der Waals surface area contributed by atoms with Crippen LogP contribution in [0.3, 0.4) is 0 Å². The number of rotatable bonds is 1. The molecule has 3 nitrogen and oxygen atoms in total. The molecule has 2 heterocycles. The lowest BCUT2D eigenvalue weighted by Gasteiger charge is -2.31. The number of nitrogens with zero attached hydrogens (tertiary/aromatic N) is 1. The van der Waals surface area contributed by atoms with E-state index in [9.17, 15) is 4.79 Å². The molecule has 4 heteroatoms. The van der Waals surface area contributed by atoms with Gasteiger partial charge in [0, 0.05) is 12.6 Å². The number of thiophene rings is 1. The summed E-state index contributed by atoms with van der Waals surface area (Å²) in [6.07, 6.45) is 6.26. The monoisotopic (exact) mass is 302 g/mol. The summed E-state index contributed by atoms with van der Waals surface area (Å²) in [6, 6.07) is 2.47. The molecule has 112 valence electrons. The van der Waals surface area contributed by atoms with Gasteiger partial charge in [-0.15, -0.1) is 11.3 Å². The van der Waals surface area contributed by atoms with Gasteiger partial charge in [-0.05, 0) is 43.7 Å². The van der Waals surface area contributed by atoms with Crippen molar-refractivity contribution in [3.05, 3.63) is 21.4 Å². The first kappa shape index (κ1) is 14.6. The highest BCUT2D eigenvalue weighted by molar-refractivity contribution is 7.14. The fourth-order valence-corrected chi connectivity index (χ4v) is 4.65. The van der Waals surface area contributed by atoms with Crippen molar-refractivity contribution in [3.8, 4) is 11.8 Å². The van der Waals surface area contributed by atoms with Crippen molar-refractivity contribution in [1.29, 1.82) is 0 Å². The van der Waals surface area contributed by atoms with Crippen LogP contribution in [0.25, 0.3) is 0 Å². The summed E-state index contributed by atoms with van der Waals surface area (Å²) in [6.45, 7) is 3.30. The van der Waals surface area contributed by atoms with E-state index >= 15 is 0 Å². The van der Waals surface area contributed by atoms with Crippen LogP contribution in [0.1, 0.15) is 52.2 Å². The van der Waals surface area contributed by atoms with Crippen LogP contribution >= 0.6 is 11.3 Å². The third-order valence-electron chi connectivity index (χ3n) is 4.70. The Balaban J connectivity index is 1.79. The number of nitrogens with two attached hydrogens (primary N) is 1. The predicted molar refractivity (Wildman–Crippen MR) is 86.4 cm³/mol. The average molecular weight is 302 g/mol. The summed E-state index contributed by atoms with van der Waals surface area (Å²) in [4.78, 5) is 16.7. The highest BCUT2D eigenvalue weighted by Crippen LogP contribution is 2.37. The minimum atomic E-state index is 0.207. The number of hydrogen-bond donors (Lipinski definition) is 1. The summed E-state index contributed by atoms with van der Waals surface area (Å²) < 4.78 is 0. The lowest BCUT2D eigenvalue weighted by Crippen LogP contribution is -2.38. The molecule has 2 fully saturated rings. The summed E-state index contributed by atoms with van der Waals surface area (Å²) >= 11 is 1.51. The van der Waals surface area contributed by atoms with Crippen LogP contribution in [0, 0.1) is 24.7 Å². The second-order valence-corrected chi connectivity index (χ2v) is 7.08. The Morgan fingerprint density at radius 1 is 1.43 bits per heavy atom. The molecule has 1 aromatic heterocycles. The molecule has 1 aromatic rings. The van der Waals surface area contributed by atoms with Crippen molar-refractivity contribution < 1.29 is 4.79 Å². The van der Waals surface area contributed by atoms with Crippen LogP contribution in [0.15, 0.2) is 6.07 Å². The Bertz CT molecular complexity index is 596. The molecule has 1 saturated heterocycles. The van der Waals surface area contributed by atoms with Crippen molar-refractivity contribution in [3.63, 3.8) is 0 Å². The molecule has 0 radical (unpaired) electrons. The molecule has 1 amide bonds. The molecule has 2 N–H and O–H groups in total. The lowest BCUT2D eigenvalue weighted by atomic mass is 9.85. The Labute approximate surface area is 130 Å². The first-order valence-electron chi connectivity index (χ1n) is 7.81. The average Bonchev–Trinajstić information content (AvgIpc) is 3.08. The Morgan fingerprint density at radius 3 is 3.05 bits per heavy atom. The van der Waals surface area contributed by atoms with Crippen molar-refractivity contribution in [2.45, 2.75) is 45.1 Å². The maximum Gasteiger partial charge on any atom is 0.264 e. The van der Waals surface area contributed by atoms with E-state index in [-0.39, 0.29) is 5.91 Å². The van der Waals surface area contributed by atoms with E-state index in [1.165, 1.54) is 43.4 Å². The van der Waals surface area contributed by atoms with Crippen molar-refractivity contribution in [2.24, 2.45) is 11.7 Å². The first-order chi connectivity index (χ1) is 10.2. The van der Waals surface area contributed by atoms with E-state index in [1.807, 2.05) is 13.0 Å². The molecule has 0 bridgehead atoms. The molecule has 3 rings (SSSR count). The highest BCUT2D eigenvalue weighted by atomic mass is 32.1. The molecule has 0 spiro atoms. The van der Waals surface area contributed by atoms with Gasteiger partial charge in [0.25, 0.3) is 5.91 Å². The van der Waals surface area contributed by atoms with E-state index in [2.05, 4.69) is 16.7 Å². The number of hydrogen-bond acceptors (Lipinski definition) is 3. The third kappa shape index (κ3) is 2.86. The molecular formula is C17H22N2OS. The van der Waals surface area contributed by atoms with E-state index in [1.54, 1.807) is 0 Å². The summed E-state index contributed by atoms with van der Waals surface area (Å²) in [7, 11) is 0. The van der Waals surface area contributed by atoms with Crippen molar-refractivity contribution >= 4 is 17.2 Å². The molecule has 2 unspecified atom stereocenters. The summed E-state index contributed by atoms with van der Waals surface area (Å²) in [5.74, 6) is 6.89. The van der Waals surface area contributed by atoms with Gasteiger partial charge < -0.3 is 10.6 Å². The molecule has 0 aromatic carbocycles. The standard InChI is InChI=1S/C17H22N2OS/c1-12-11-16(21-15(12)7-4-9-18)17(20)19-10-8-13-5-2-3-6-14(13)19/h11,13-14H,2-3,5-6,8-10,18H2,1H3. The molecule has 2 aliphatic rings. The smallest absolute Gasteiger partial charge is 0.264 e. The summed E-state index contributed by atoms with van der Waals surface area (Å²) in [5, 5.41) is 0. The van der Waals surface area contributed by atoms with Crippen molar-refractivity contribution in [1.82, 2.24) is 4.90 Å². The van der Waals surface area contributed by atoms with Gasteiger partial charge in [0.05, 0.1) is 16.3 Å². The predicted octanol–water partition coefficient (Wildman–Crippen LogP) is 2.77. The molecule has 1 saturated carbocycles. The molecular weight excluding hydrogens is 280 g/mol. The molecule has 1 aliphatic heterocycles. The molecule has 2 atom stereocenters. The Hall–Kier alpha value is -1.31. The minimum absolute atomic E-state index is 0.207. The zero-order valence-electron chi connectivity index (χ0n) is 12.5. The van der Waals surface area contributed by atoms with Gasteiger partial charge in [0.2, 0.25) is 0 Å². The van der Waals surface area contributed by atoms with Crippen LogP contribution in [-0.4, -0.2) is 29.9 Å². The zero-order valence-corrected chi connectivity index (χ0v) is 13.3. The van der Waals surface area contributed by atoms with E-state index in [0.717, 1.165) is 27.8 Å². The number of amides is 1. The third-order valence-corrected chi connectivity index (χ3v) is 5.84. The first-order valence-corrected chi connectivity index (χ1v) is 8.62. The topological polar surface area (TPSA) is 46.3 Å². The Kier molecular flexibility index (Phi) is 4.32. The van der Waals surface area contributed by atoms with Crippen LogP contribution in [0.5, 0.6) is 0 Å². The fraction of sp³-hybridized carbons (Fsp3) is 0.588. The molecule has 21 heavy (non-hydrogen) atoms. The number of likely N-dealkylation sites (tertiary alicyclic amines) is 1. The second kappa shape index (κ2) is 6.21. The maximum absolute atomic E-state index is 12.8. The van der Waals surface area contributed by atoms with Gasteiger partial charge >= 0.3 is 0 Å². The van der Waals surface area contributed by atoms with Gasteiger partial charge in [-0.25, -0.2) is 0 Å². The zero-order chi connectivity index (χ0) is 14.8. The van der Waals surface area contributed by atoms with E-state index < -0.39 is 0 Å². The number of carbonyl (C=O) groups excluding carboxylic acids is 1. The van der Waals surface area contributed by atoms with Crippen LogP contribution in [0.2, 0.25) is 0 Å². The van der Waals surface area contributed by atoms with Gasteiger partial charge in [-0.1, -0.05) is 24.7 Å². The van der Waals surface area contributed by atoms with Gasteiger partial charge in [-0.3, -0.25) is 4.79 Å². The SMILES string of the molecule is Cc1cc(C(=O)N2CCC3CCCCC32)sc1C#CCN. The van der Waals surface area contributed by atoms with Gasteiger partial charge in [0.15, 0.2) is 0 Å². The maximum atomic E-state index is 12.8. The van der Waals surface area contributed by atoms with Crippen LogP contribution in [-0.2, 0) is 0 Å². The Morgan fingerprint density at radius 2 is 2.24 bits per heavy atom.